The standard InChI is InChI=1S/C24H24N2S2/c1-17-23(19-11-7-5-8-12-19)27-21(25(17)3)15-16-22-26(4)18(2)24(28-22)20-13-9-6-10-14-20/h5-16H,1-4H3/q+2/b16-15+. The molecule has 28 heavy (non-hydrogen) atoms. The Kier molecular flexibility index (Phi) is 5.25. The van der Waals surface area contributed by atoms with Gasteiger partial charge >= 0.3 is 0 Å². The lowest BCUT2D eigenvalue weighted by atomic mass is 10.2. The third-order valence-electron chi connectivity index (χ3n) is 5.18. The molecule has 2 heterocycles. The number of nitrogens with zero attached hydrogens (tertiary/aromatic N) is 2. The van der Waals surface area contributed by atoms with Gasteiger partial charge < -0.3 is 0 Å². The molecule has 2 aromatic carbocycles. The molecule has 0 aliphatic heterocycles. The normalized spacial score (nSPS) is 11.4. The summed E-state index contributed by atoms with van der Waals surface area (Å²) in [5, 5.41) is 2.51. The molecule has 0 spiro atoms. The van der Waals surface area contributed by atoms with Crippen LogP contribution in [-0.2, 0) is 14.1 Å². The molecule has 140 valence electrons. The third-order valence-corrected chi connectivity index (χ3v) is 7.89. The summed E-state index contributed by atoms with van der Waals surface area (Å²) < 4.78 is 4.56. The van der Waals surface area contributed by atoms with Crippen molar-refractivity contribution in [2.45, 2.75) is 13.8 Å². The van der Waals surface area contributed by atoms with Crippen molar-refractivity contribution in [3.8, 4) is 20.9 Å². The summed E-state index contributed by atoms with van der Waals surface area (Å²) in [6, 6.07) is 21.3. The second-order valence-electron chi connectivity index (χ2n) is 6.89. The van der Waals surface area contributed by atoms with Gasteiger partial charge in [-0.1, -0.05) is 83.3 Å². The van der Waals surface area contributed by atoms with Crippen molar-refractivity contribution in [2.24, 2.45) is 14.1 Å². The van der Waals surface area contributed by atoms with Gasteiger partial charge in [0, 0.05) is 26.0 Å². The summed E-state index contributed by atoms with van der Waals surface area (Å²) in [5.74, 6) is 0. The molecule has 4 heteroatoms. The van der Waals surface area contributed by atoms with Crippen LogP contribution in [-0.4, -0.2) is 0 Å². The predicted molar refractivity (Wildman–Crippen MR) is 120 cm³/mol. The van der Waals surface area contributed by atoms with E-state index in [0.717, 1.165) is 0 Å². The third kappa shape index (κ3) is 3.46. The van der Waals surface area contributed by atoms with E-state index in [1.165, 1.54) is 42.3 Å². The summed E-state index contributed by atoms with van der Waals surface area (Å²) in [4.78, 5) is 2.67. The minimum atomic E-state index is 1.25. The van der Waals surface area contributed by atoms with Crippen LogP contribution < -0.4 is 9.13 Å². The highest BCUT2D eigenvalue weighted by molar-refractivity contribution is 7.16. The van der Waals surface area contributed by atoms with Crippen LogP contribution in [0.25, 0.3) is 33.0 Å². The first kappa shape index (κ1) is 18.8. The van der Waals surface area contributed by atoms with Gasteiger partial charge in [0.1, 0.15) is 23.8 Å². The molecule has 4 rings (SSSR count). The highest BCUT2D eigenvalue weighted by atomic mass is 32.1. The maximum Gasteiger partial charge on any atom is 0.262 e. The van der Waals surface area contributed by atoms with Crippen molar-refractivity contribution in [2.75, 3.05) is 0 Å². The zero-order chi connectivity index (χ0) is 19.7. The SMILES string of the molecule is Cc1c(-c2ccccc2)sc(/C=C/c2sc(-c3ccccc3)c(C)[n+]2C)[n+]1C. The van der Waals surface area contributed by atoms with Gasteiger partial charge in [-0.15, -0.1) is 0 Å². The van der Waals surface area contributed by atoms with Crippen LogP contribution in [0.1, 0.15) is 21.4 Å². The van der Waals surface area contributed by atoms with E-state index in [1.807, 2.05) is 22.7 Å². The van der Waals surface area contributed by atoms with E-state index in [-0.39, 0.29) is 0 Å². The van der Waals surface area contributed by atoms with Gasteiger partial charge in [-0.3, -0.25) is 0 Å². The molecule has 0 radical (unpaired) electrons. The fraction of sp³-hybridized carbons (Fsp3) is 0.167. The van der Waals surface area contributed by atoms with Crippen molar-refractivity contribution in [3.05, 3.63) is 82.1 Å². The first-order valence-electron chi connectivity index (χ1n) is 9.34. The Morgan fingerprint density at radius 1 is 0.607 bits per heavy atom. The molecule has 0 aliphatic carbocycles. The van der Waals surface area contributed by atoms with Gasteiger partial charge in [0.15, 0.2) is 11.4 Å². The first-order valence-corrected chi connectivity index (χ1v) is 11.0. The van der Waals surface area contributed by atoms with Crippen molar-refractivity contribution < 1.29 is 9.13 Å². The van der Waals surface area contributed by atoms with Gasteiger partial charge in [-0.25, -0.2) is 0 Å². The molecule has 2 aromatic heterocycles. The molecule has 0 fully saturated rings. The van der Waals surface area contributed by atoms with Crippen molar-refractivity contribution in [3.63, 3.8) is 0 Å². The van der Waals surface area contributed by atoms with Gasteiger partial charge in [0.25, 0.3) is 10.0 Å². The lowest BCUT2D eigenvalue weighted by molar-refractivity contribution is -0.675. The number of thiazole rings is 2. The van der Waals surface area contributed by atoms with Crippen LogP contribution in [0, 0.1) is 13.8 Å². The fourth-order valence-electron chi connectivity index (χ4n) is 3.28. The fourth-order valence-corrected chi connectivity index (χ4v) is 5.59. The molecule has 0 saturated heterocycles. The van der Waals surface area contributed by atoms with Gasteiger partial charge in [-0.05, 0) is 11.1 Å². The second-order valence-corrected chi connectivity index (χ2v) is 8.95. The summed E-state index contributed by atoms with van der Waals surface area (Å²) in [6.07, 6.45) is 4.48. The summed E-state index contributed by atoms with van der Waals surface area (Å²) in [6.45, 7) is 4.39. The molecule has 0 saturated carbocycles. The molecule has 0 amide bonds. The highest BCUT2D eigenvalue weighted by Gasteiger charge is 2.22. The zero-order valence-electron chi connectivity index (χ0n) is 16.6. The van der Waals surface area contributed by atoms with Gasteiger partial charge in [0.05, 0.1) is 0 Å². The topological polar surface area (TPSA) is 7.76 Å². The van der Waals surface area contributed by atoms with Crippen LogP contribution in [0.3, 0.4) is 0 Å². The minimum Gasteiger partial charge on any atom is -0.189 e. The van der Waals surface area contributed by atoms with Crippen LogP contribution in [0.2, 0.25) is 0 Å². The number of hydrogen-bond acceptors (Lipinski definition) is 2. The highest BCUT2D eigenvalue weighted by Crippen LogP contribution is 2.31. The van der Waals surface area contributed by atoms with Crippen LogP contribution in [0.15, 0.2) is 60.7 Å². The van der Waals surface area contributed by atoms with E-state index in [4.69, 9.17) is 0 Å². The van der Waals surface area contributed by atoms with Crippen molar-refractivity contribution >= 4 is 34.8 Å². The van der Waals surface area contributed by atoms with E-state index in [0.29, 0.717) is 0 Å². The van der Waals surface area contributed by atoms with Crippen molar-refractivity contribution in [1.29, 1.82) is 0 Å². The molecular formula is C24H24N2S2+2. The average molecular weight is 405 g/mol. The molecule has 0 N–H and O–H groups in total. The number of aromatic nitrogens is 2. The summed E-state index contributed by atoms with van der Waals surface area (Å²) >= 11 is 3.69. The summed E-state index contributed by atoms with van der Waals surface area (Å²) in [7, 11) is 4.29. The first-order chi connectivity index (χ1) is 13.6. The zero-order valence-corrected chi connectivity index (χ0v) is 18.3. The molecule has 4 aromatic rings. The Morgan fingerprint density at radius 2 is 0.964 bits per heavy atom. The number of rotatable bonds is 4. The second kappa shape index (κ2) is 7.82. The average Bonchev–Trinajstić information content (AvgIpc) is 3.18. The smallest absolute Gasteiger partial charge is 0.189 e. The number of hydrogen-bond donors (Lipinski definition) is 0. The lowest BCUT2D eigenvalue weighted by Gasteiger charge is -1.94. The van der Waals surface area contributed by atoms with E-state index in [2.05, 4.69) is 110 Å². The van der Waals surface area contributed by atoms with Gasteiger partial charge in [0.2, 0.25) is 0 Å². The van der Waals surface area contributed by atoms with E-state index < -0.39 is 0 Å². The largest absolute Gasteiger partial charge is 0.262 e. The molecule has 2 nitrogen and oxygen atoms in total. The maximum absolute atomic E-state index is 2.28. The predicted octanol–water partition coefficient (Wildman–Crippen LogP) is 5.58. The van der Waals surface area contributed by atoms with Crippen molar-refractivity contribution in [1.82, 2.24) is 0 Å². The van der Waals surface area contributed by atoms with Crippen LogP contribution >= 0.6 is 22.7 Å². The van der Waals surface area contributed by atoms with E-state index in [1.54, 1.807) is 0 Å². The molecular weight excluding hydrogens is 380 g/mol. The Labute approximate surface area is 174 Å². The molecule has 0 atom stereocenters. The Hall–Kier alpha value is -2.56. The minimum absolute atomic E-state index is 1.25. The monoisotopic (exact) mass is 404 g/mol. The Balaban J connectivity index is 1.69. The quantitative estimate of drug-likeness (QED) is 0.392. The van der Waals surface area contributed by atoms with E-state index in [9.17, 15) is 0 Å². The lowest BCUT2D eigenvalue weighted by Crippen LogP contribution is -2.32. The Bertz CT molecular complexity index is 1040. The Morgan fingerprint density at radius 3 is 1.32 bits per heavy atom. The summed E-state index contributed by atoms with van der Waals surface area (Å²) in [5.41, 5.74) is 5.16. The van der Waals surface area contributed by atoms with E-state index >= 15 is 0 Å². The molecule has 0 bridgehead atoms. The molecule has 0 unspecified atom stereocenters. The van der Waals surface area contributed by atoms with Crippen LogP contribution in [0.5, 0.6) is 0 Å². The van der Waals surface area contributed by atoms with Crippen LogP contribution in [0.4, 0.5) is 0 Å². The molecule has 0 aliphatic rings. The number of benzene rings is 2. The maximum atomic E-state index is 2.28. The van der Waals surface area contributed by atoms with Gasteiger partial charge in [-0.2, -0.15) is 9.13 Å².